The van der Waals surface area contributed by atoms with E-state index < -0.39 is 5.97 Å². The summed E-state index contributed by atoms with van der Waals surface area (Å²) in [4.78, 5) is 11.8. The van der Waals surface area contributed by atoms with E-state index in [1.54, 1.807) is 30.0 Å². The van der Waals surface area contributed by atoms with Crippen LogP contribution in [0.4, 0.5) is 0 Å². The number of thioether (sulfide) groups is 1. The molecule has 0 aliphatic carbocycles. The quantitative estimate of drug-likeness (QED) is 0.904. The van der Waals surface area contributed by atoms with E-state index in [2.05, 4.69) is 22.0 Å². The molecular weight excluding hydrogens is 284 g/mol. The molecule has 2 nitrogen and oxygen atoms in total. The van der Waals surface area contributed by atoms with Gasteiger partial charge in [-0.1, -0.05) is 6.92 Å². The van der Waals surface area contributed by atoms with Gasteiger partial charge in [0.2, 0.25) is 0 Å². The molecule has 0 fully saturated rings. The fourth-order valence-electron chi connectivity index (χ4n) is 0.837. The number of carboxylic acid groups (broad SMARTS) is 1. The van der Waals surface area contributed by atoms with Gasteiger partial charge in [-0.3, -0.25) is 4.79 Å². The summed E-state index contributed by atoms with van der Waals surface area (Å²) in [5.74, 6) is 0.590. The predicted molar refractivity (Wildman–Crippen MR) is 65.0 cm³/mol. The van der Waals surface area contributed by atoms with E-state index >= 15 is 0 Å². The first kappa shape index (κ1) is 12.1. The fraction of sp³-hybridized carbons (Fsp3) is 0.444. The van der Waals surface area contributed by atoms with Crippen LogP contribution in [0, 0.1) is 5.92 Å². The van der Waals surface area contributed by atoms with Crippen LogP contribution < -0.4 is 0 Å². The van der Waals surface area contributed by atoms with Crippen molar-refractivity contribution >= 4 is 45.0 Å². The minimum absolute atomic E-state index is 0.261. The van der Waals surface area contributed by atoms with Gasteiger partial charge in [0.1, 0.15) is 0 Å². The molecule has 1 unspecified atom stereocenters. The van der Waals surface area contributed by atoms with E-state index in [0.29, 0.717) is 5.75 Å². The van der Waals surface area contributed by atoms with Gasteiger partial charge in [0.05, 0.1) is 5.92 Å². The molecule has 0 bridgehead atoms. The number of aliphatic carboxylic acids is 1. The highest BCUT2D eigenvalue weighted by Crippen LogP contribution is 2.24. The van der Waals surface area contributed by atoms with Gasteiger partial charge in [0.15, 0.2) is 0 Å². The average molecular weight is 295 g/mol. The van der Waals surface area contributed by atoms with Crippen LogP contribution in [0.5, 0.6) is 0 Å². The van der Waals surface area contributed by atoms with Crippen LogP contribution in [-0.2, 0) is 10.5 Å². The molecule has 14 heavy (non-hydrogen) atoms. The van der Waals surface area contributed by atoms with Crippen LogP contribution in [0.3, 0.4) is 0 Å². The first-order valence-corrected chi connectivity index (χ1v) is 6.96. The van der Waals surface area contributed by atoms with Gasteiger partial charge in [-0.25, -0.2) is 0 Å². The van der Waals surface area contributed by atoms with E-state index in [1.165, 1.54) is 4.88 Å². The summed E-state index contributed by atoms with van der Waals surface area (Å²) in [6.07, 6.45) is 0. The molecule has 1 N–H and O–H groups in total. The molecule has 1 aromatic rings. The fourth-order valence-corrected chi connectivity index (χ4v) is 3.49. The molecule has 1 atom stereocenters. The Morgan fingerprint density at radius 1 is 1.79 bits per heavy atom. The normalized spacial score (nSPS) is 12.7. The Bertz CT molecular complexity index is 312. The minimum atomic E-state index is -0.718. The van der Waals surface area contributed by atoms with Gasteiger partial charge in [-0.05, 0) is 22.0 Å². The third-order valence-corrected chi connectivity index (χ3v) is 4.79. The van der Waals surface area contributed by atoms with E-state index in [9.17, 15) is 4.79 Å². The zero-order valence-corrected chi connectivity index (χ0v) is 10.9. The molecule has 0 aromatic carbocycles. The van der Waals surface area contributed by atoms with Crippen molar-refractivity contribution in [3.05, 3.63) is 20.8 Å². The van der Waals surface area contributed by atoms with Crippen molar-refractivity contribution in [3.63, 3.8) is 0 Å². The molecule has 0 amide bonds. The highest BCUT2D eigenvalue weighted by molar-refractivity contribution is 9.10. The summed E-state index contributed by atoms with van der Waals surface area (Å²) in [6, 6.07) is 2.07. The molecule has 0 spiro atoms. The minimum Gasteiger partial charge on any atom is -0.481 e. The van der Waals surface area contributed by atoms with Crippen molar-refractivity contribution in [1.82, 2.24) is 0 Å². The Morgan fingerprint density at radius 2 is 2.50 bits per heavy atom. The highest BCUT2D eigenvalue weighted by atomic mass is 79.9. The summed E-state index contributed by atoms with van der Waals surface area (Å²) in [6.45, 7) is 1.74. The molecule has 78 valence electrons. The number of hydrogen-bond donors (Lipinski definition) is 1. The number of hydrogen-bond acceptors (Lipinski definition) is 3. The standard InChI is InChI=1S/C9H11BrO2S2/c1-6(9(11)12)3-13-5-8-2-7(10)4-14-8/h2,4,6H,3,5H2,1H3,(H,11,12). The second-order valence-electron chi connectivity index (χ2n) is 2.99. The van der Waals surface area contributed by atoms with E-state index in [1.807, 2.05) is 5.38 Å². The summed E-state index contributed by atoms with van der Waals surface area (Å²) in [5.41, 5.74) is 0. The maximum absolute atomic E-state index is 10.5. The lowest BCUT2D eigenvalue weighted by Gasteiger charge is -2.03. The van der Waals surface area contributed by atoms with Crippen molar-refractivity contribution in [3.8, 4) is 0 Å². The van der Waals surface area contributed by atoms with Crippen molar-refractivity contribution in [2.45, 2.75) is 12.7 Å². The highest BCUT2D eigenvalue weighted by Gasteiger charge is 2.10. The monoisotopic (exact) mass is 294 g/mol. The van der Waals surface area contributed by atoms with Crippen molar-refractivity contribution in [1.29, 1.82) is 0 Å². The lowest BCUT2D eigenvalue weighted by Crippen LogP contribution is -2.11. The van der Waals surface area contributed by atoms with E-state index in [4.69, 9.17) is 5.11 Å². The Labute approximate surface area is 99.8 Å². The van der Waals surface area contributed by atoms with Gasteiger partial charge >= 0.3 is 5.97 Å². The average Bonchev–Trinajstić information content (AvgIpc) is 2.51. The van der Waals surface area contributed by atoms with Gasteiger partial charge in [-0.15, -0.1) is 11.3 Å². The summed E-state index contributed by atoms with van der Waals surface area (Å²) in [5, 5.41) is 10.7. The molecule has 0 aliphatic heterocycles. The lowest BCUT2D eigenvalue weighted by molar-refractivity contribution is -0.140. The van der Waals surface area contributed by atoms with Crippen molar-refractivity contribution in [2.24, 2.45) is 5.92 Å². The molecular formula is C9H11BrO2S2. The maximum Gasteiger partial charge on any atom is 0.307 e. The molecule has 5 heteroatoms. The first-order chi connectivity index (χ1) is 6.59. The molecule has 1 aromatic heterocycles. The molecule has 0 saturated heterocycles. The SMILES string of the molecule is CC(CSCc1cc(Br)cs1)C(=O)O. The molecule has 1 heterocycles. The topological polar surface area (TPSA) is 37.3 Å². The predicted octanol–water partition coefficient (Wildman–Crippen LogP) is 3.46. The Morgan fingerprint density at radius 3 is 3.00 bits per heavy atom. The third kappa shape index (κ3) is 4.02. The van der Waals surface area contributed by atoms with Gasteiger partial charge in [0.25, 0.3) is 0 Å². The van der Waals surface area contributed by atoms with Crippen LogP contribution in [0.2, 0.25) is 0 Å². The van der Waals surface area contributed by atoms with Gasteiger partial charge < -0.3 is 5.11 Å². The number of carbonyl (C=O) groups is 1. The van der Waals surface area contributed by atoms with Crippen LogP contribution in [-0.4, -0.2) is 16.8 Å². The number of halogens is 1. The summed E-state index contributed by atoms with van der Waals surface area (Å²) < 4.78 is 1.10. The Balaban J connectivity index is 2.25. The molecule has 0 saturated carbocycles. The van der Waals surface area contributed by atoms with Crippen molar-refractivity contribution < 1.29 is 9.90 Å². The zero-order chi connectivity index (χ0) is 10.6. The number of carboxylic acids is 1. The largest absolute Gasteiger partial charge is 0.481 e. The maximum atomic E-state index is 10.5. The van der Waals surface area contributed by atoms with E-state index in [-0.39, 0.29) is 5.92 Å². The number of thiophene rings is 1. The second kappa shape index (κ2) is 5.78. The summed E-state index contributed by atoms with van der Waals surface area (Å²) in [7, 11) is 0. The van der Waals surface area contributed by atoms with Crippen molar-refractivity contribution in [2.75, 3.05) is 5.75 Å². The molecule has 0 radical (unpaired) electrons. The smallest absolute Gasteiger partial charge is 0.307 e. The number of rotatable bonds is 5. The lowest BCUT2D eigenvalue weighted by atomic mass is 10.2. The Kier molecular flexibility index (Phi) is 4.98. The molecule has 0 aliphatic rings. The molecule has 1 rings (SSSR count). The van der Waals surface area contributed by atoms with Crippen LogP contribution in [0.25, 0.3) is 0 Å². The third-order valence-electron chi connectivity index (χ3n) is 1.66. The van der Waals surface area contributed by atoms with Crippen LogP contribution in [0.1, 0.15) is 11.8 Å². The van der Waals surface area contributed by atoms with Crippen LogP contribution >= 0.6 is 39.0 Å². The Hall–Kier alpha value is -0.000000000000000111. The zero-order valence-electron chi connectivity index (χ0n) is 7.70. The van der Waals surface area contributed by atoms with E-state index in [0.717, 1.165) is 10.2 Å². The first-order valence-electron chi connectivity index (χ1n) is 4.13. The summed E-state index contributed by atoms with van der Waals surface area (Å²) >= 11 is 6.74. The second-order valence-corrected chi connectivity index (χ2v) is 5.93. The van der Waals surface area contributed by atoms with Crippen LogP contribution in [0.15, 0.2) is 15.9 Å². The van der Waals surface area contributed by atoms with Gasteiger partial charge in [0, 0.05) is 26.2 Å². The van der Waals surface area contributed by atoms with Gasteiger partial charge in [-0.2, -0.15) is 11.8 Å².